The standard InChI is InChI=1S/C16H21ClO4/c1-3-5-6-11-16(14(18)19,15(20)21-4-2)12-7-9-13(17)10-8-12/h7-10H,3-6,11H2,1-2H3,(H,18,19). The number of hydrogen-bond acceptors (Lipinski definition) is 3. The van der Waals surface area contributed by atoms with Crippen LogP contribution in [0.15, 0.2) is 24.3 Å². The van der Waals surface area contributed by atoms with E-state index in [2.05, 4.69) is 0 Å². The van der Waals surface area contributed by atoms with E-state index < -0.39 is 17.4 Å². The van der Waals surface area contributed by atoms with E-state index >= 15 is 0 Å². The third-order valence-corrected chi connectivity index (χ3v) is 3.73. The highest BCUT2D eigenvalue weighted by Crippen LogP contribution is 2.33. The summed E-state index contributed by atoms with van der Waals surface area (Å²) >= 11 is 5.85. The fourth-order valence-electron chi connectivity index (χ4n) is 2.31. The van der Waals surface area contributed by atoms with Gasteiger partial charge < -0.3 is 9.84 Å². The van der Waals surface area contributed by atoms with Gasteiger partial charge in [-0.25, -0.2) is 0 Å². The first-order valence-corrected chi connectivity index (χ1v) is 7.53. The molecule has 0 aromatic heterocycles. The molecule has 1 unspecified atom stereocenters. The molecule has 4 nitrogen and oxygen atoms in total. The largest absolute Gasteiger partial charge is 0.480 e. The molecule has 0 aliphatic rings. The molecule has 0 fully saturated rings. The van der Waals surface area contributed by atoms with Crippen molar-refractivity contribution in [2.75, 3.05) is 6.61 Å². The third-order valence-electron chi connectivity index (χ3n) is 3.48. The van der Waals surface area contributed by atoms with E-state index in [-0.39, 0.29) is 13.0 Å². The summed E-state index contributed by atoms with van der Waals surface area (Å²) in [5, 5.41) is 10.2. The number of carboxylic acids is 1. The molecule has 0 saturated heterocycles. The normalized spacial score (nSPS) is 13.5. The Morgan fingerprint density at radius 3 is 2.29 bits per heavy atom. The lowest BCUT2D eigenvalue weighted by molar-refractivity contribution is -0.162. The molecule has 0 spiro atoms. The number of hydrogen-bond donors (Lipinski definition) is 1. The van der Waals surface area contributed by atoms with Gasteiger partial charge in [-0.3, -0.25) is 9.59 Å². The summed E-state index contributed by atoms with van der Waals surface area (Å²) in [5.41, 5.74) is -1.25. The topological polar surface area (TPSA) is 63.6 Å². The Labute approximate surface area is 130 Å². The van der Waals surface area contributed by atoms with Gasteiger partial charge in [-0.2, -0.15) is 0 Å². The van der Waals surface area contributed by atoms with Crippen molar-refractivity contribution >= 4 is 23.5 Å². The molecule has 0 aliphatic carbocycles. The number of halogens is 1. The number of carbonyl (C=O) groups is 2. The first kappa shape index (κ1) is 17.5. The number of aliphatic carboxylic acids is 1. The van der Waals surface area contributed by atoms with Crippen LogP contribution in [0.1, 0.15) is 45.1 Å². The maximum absolute atomic E-state index is 12.4. The van der Waals surface area contributed by atoms with E-state index in [1.165, 1.54) is 0 Å². The second-order valence-electron chi connectivity index (χ2n) is 4.89. The van der Waals surface area contributed by atoms with Gasteiger partial charge in [-0.15, -0.1) is 0 Å². The Kier molecular flexibility index (Phi) is 6.69. The number of carbonyl (C=O) groups excluding carboxylic acids is 1. The minimum atomic E-state index is -1.66. The van der Waals surface area contributed by atoms with Crippen LogP contribution in [0, 0.1) is 0 Å². The zero-order valence-electron chi connectivity index (χ0n) is 12.4. The number of ether oxygens (including phenoxy) is 1. The third kappa shape index (κ3) is 3.97. The average Bonchev–Trinajstić information content (AvgIpc) is 2.45. The van der Waals surface area contributed by atoms with Gasteiger partial charge in [-0.1, -0.05) is 49.9 Å². The highest BCUT2D eigenvalue weighted by molar-refractivity contribution is 6.30. The first-order chi connectivity index (χ1) is 9.98. The number of benzene rings is 1. The zero-order valence-corrected chi connectivity index (χ0v) is 13.2. The summed E-state index contributed by atoms with van der Waals surface area (Å²) in [6.45, 7) is 3.84. The fraction of sp³-hybridized carbons (Fsp3) is 0.500. The van der Waals surface area contributed by atoms with Crippen LogP contribution in [0.2, 0.25) is 5.02 Å². The van der Waals surface area contributed by atoms with Crippen LogP contribution in [0.4, 0.5) is 0 Å². The average molecular weight is 313 g/mol. The molecule has 0 aliphatic heterocycles. The number of carboxylic acid groups (broad SMARTS) is 1. The van der Waals surface area contributed by atoms with Crippen molar-refractivity contribution in [1.82, 2.24) is 0 Å². The maximum Gasteiger partial charge on any atom is 0.328 e. The molecule has 1 rings (SSSR count). The van der Waals surface area contributed by atoms with Gasteiger partial charge in [0.1, 0.15) is 0 Å². The van der Waals surface area contributed by atoms with Gasteiger partial charge in [0.15, 0.2) is 5.41 Å². The molecule has 0 saturated carbocycles. The molecule has 5 heteroatoms. The summed E-state index contributed by atoms with van der Waals surface area (Å²) in [7, 11) is 0. The lowest BCUT2D eigenvalue weighted by atomic mass is 9.76. The monoisotopic (exact) mass is 312 g/mol. The van der Waals surface area contributed by atoms with E-state index in [1.54, 1.807) is 31.2 Å². The minimum Gasteiger partial charge on any atom is -0.480 e. The smallest absolute Gasteiger partial charge is 0.328 e. The maximum atomic E-state index is 12.4. The molecule has 116 valence electrons. The van der Waals surface area contributed by atoms with Crippen LogP contribution >= 0.6 is 11.6 Å². The lowest BCUT2D eigenvalue weighted by Crippen LogP contribution is -2.45. The number of rotatable bonds is 8. The van der Waals surface area contributed by atoms with Crippen molar-refractivity contribution in [3.8, 4) is 0 Å². The van der Waals surface area contributed by atoms with Crippen molar-refractivity contribution in [3.05, 3.63) is 34.9 Å². The quantitative estimate of drug-likeness (QED) is 0.450. The Morgan fingerprint density at radius 1 is 1.19 bits per heavy atom. The highest BCUT2D eigenvalue weighted by Gasteiger charge is 2.48. The zero-order chi connectivity index (χ0) is 15.9. The molecular formula is C16H21ClO4. The highest BCUT2D eigenvalue weighted by atomic mass is 35.5. The summed E-state index contributed by atoms with van der Waals surface area (Å²) < 4.78 is 5.03. The van der Waals surface area contributed by atoms with Gasteiger partial charge >= 0.3 is 11.9 Å². The Bertz CT molecular complexity index is 484. The van der Waals surface area contributed by atoms with Crippen LogP contribution in [0.5, 0.6) is 0 Å². The van der Waals surface area contributed by atoms with Gasteiger partial charge in [-0.05, 0) is 31.0 Å². The van der Waals surface area contributed by atoms with E-state index in [4.69, 9.17) is 16.3 Å². The van der Waals surface area contributed by atoms with Crippen molar-refractivity contribution in [1.29, 1.82) is 0 Å². The van der Waals surface area contributed by atoms with Crippen molar-refractivity contribution in [2.24, 2.45) is 0 Å². The Morgan fingerprint density at radius 2 is 1.81 bits per heavy atom. The second kappa shape index (κ2) is 8.03. The molecule has 1 aromatic rings. The van der Waals surface area contributed by atoms with Gasteiger partial charge in [0.25, 0.3) is 0 Å². The van der Waals surface area contributed by atoms with E-state index in [1.807, 2.05) is 6.92 Å². The molecule has 0 amide bonds. The molecule has 0 radical (unpaired) electrons. The van der Waals surface area contributed by atoms with Gasteiger partial charge in [0, 0.05) is 5.02 Å². The molecule has 21 heavy (non-hydrogen) atoms. The van der Waals surface area contributed by atoms with Crippen molar-refractivity contribution < 1.29 is 19.4 Å². The molecule has 0 heterocycles. The van der Waals surface area contributed by atoms with Gasteiger partial charge in [0.05, 0.1) is 6.61 Å². The van der Waals surface area contributed by atoms with E-state index in [0.29, 0.717) is 17.0 Å². The minimum absolute atomic E-state index is 0.148. The number of unbranched alkanes of at least 4 members (excludes halogenated alkanes) is 2. The molecular weight excluding hydrogens is 292 g/mol. The first-order valence-electron chi connectivity index (χ1n) is 7.15. The van der Waals surface area contributed by atoms with E-state index in [9.17, 15) is 14.7 Å². The summed E-state index contributed by atoms with van der Waals surface area (Å²) in [5.74, 6) is -1.89. The van der Waals surface area contributed by atoms with E-state index in [0.717, 1.165) is 12.8 Å². The summed E-state index contributed by atoms with van der Waals surface area (Å²) in [4.78, 5) is 24.2. The van der Waals surface area contributed by atoms with Crippen molar-refractivity contribution in [2.45, 2.75) is 44.9 Å². The Balaban J connectivity index is 3.25. The summed E-state index contributed by atoms with van der Waals surface area (Å²) in [6, 6.07) is 6.35. The number of esters is 1. The Hall–Kier alpha value is -1.55. The molecule has 1 atom stereocenters. The molecule has 1 aromatic carbocycles. The van der Waals surface area contributed by atoms with Crippen LogP contribution in [0.25, 0.3) is 0 Å². The van der Waals surface area contributed by atoms with Crippen LogP contribution in [-0.4, -0.2) is 23.7 Å². The van der Waals surface area contributed by atoms with Crippen LogP contribution in [0.3, 0.4) is 0 Å². The molecule has 0 bridgehead atoms. The lowest BCUT2D eigenvalue weighted by Gasteiger charge is -2.27. The molecule has 1 N–H and O–H groups in total. The summed E-state index contributed by atoms with van der Waals surface area (Å²) in [6.07, 6.45) is 2.67. The second-order valence-corrected chi connectivity index (χ2v) is 5.33. The predicted octanol–water partition coefficient (Wildman–Crippen LogP) is 3.81. The predicted molar refractivity (Wildman–Crippen MR) is 81.5 cm³/mol. The van der Waals surface area contributed by atoms with Gasteiger partial charge in [0.2, 0.25) is 0 Å². The SMILES string of the molecule is CCCCCC(C(=O)O)(C(=O)OCC)c1ccc(Cl)cc1. The van der Waals surface area contributed by atoms with Crippen LogP contribution in [-0.2, 0) is 19.7 Å². The fourth-order valence-corrected chi connectivity index (χ4v) is 2.44. The van der Waals surface area contributed by atoms with Crippen LogP contribution < -0.4 is 0 Å². The van der Waals surface area contributed by atoms with Crippen molar-refractivity contribution in [3.63, 3.8) is 0 Å².